The highest BCUT2D eigenvalue weighted by Gasteiger charge is 2.20. The number of aromatic amines is 1. The molecule has 6 heteroatoms. The molecule has 4 aromatic rings. The number of hydrogen-bond acceptors (Lipinski definition) is 4. The molecule has 0 aliphatic rings. The summed E-state index contributed by atoms with van der Waals surface area (Å²) >= 11 is 0. The van der Waals surface area contributed by atoms with E-state index in [9.17, 15) is 4.79 Å². The highest BCUT2D eigenvalue weighted by Crippen LogP contribution is 2.27. The summed E-state index contributed by atoms with van der Waals surface area (Å²) in [7, 11) is 1.52. The van der Waals surface area contributed by atoms with Gasteiger partial charge in [-0.3, -0.25) is 9.20 Å². The molecule has 0 amide bonds. The van der Waals surface area contributed by atoms with Gasteiger partial charge in [0.15, 0.2) is 5.82 Å². The molecule has 0 saturated carbocycles. The number of fused-ring (bicyclic) bond motifs is 1. The van der Waals surface area contributed by atoms with Gasteiger partial charge in [-0.1, -0.05) is 6.07 Å². The van der Waals surface area contributed by atoms with Crippen LogP contribution in [0.15, 0.2) is 60.9 Å². The van der Waals surface area contributed by atoms with E-state index in [1.807, 2.05) is 42.7 Å². The van der Waals surface area contributed by atoms with Crippen molar-refractivity contribution in [1.29, 1.82) is 0 Å². The highest BCUT2D eigenvalue weighted by atomic mass is 16.5. The lowest BCUT2D eigenvalue weighted by Crippen LogP contribution is -2.07. The molecular weight excluding hydrogens is 316 g/mol. The summed E-state index contributed by atoms with van der Waals surface area (Å²) in [4.78, 5) is 20.8. The Balaban J connectivity index is 1.88. The van der Waals surface area contributed by atoms with Crippen LogP contribution >= 0.6 is 0 Å². The number of nitrogens with one attached hydrogen (secondary N) is 1. The number of benzene rings is 1. The van der Waals surface area contributed by atoms with Crippen LogP contribution in [0.5, 0.6) is 5.75 Å². The third-order valence-corrected chi connectivity index (χ3v) is 4.10. The number of aromatic nitrogens is 3. The topological polar surface area (TPSA) is 85.4 Å². The number of carbonyl (C=O) groups excluding carboxylic acids is 1. The van der Waals surface area contributed by atoms with Gasteiger partial charge < -0.3 is 15.5 Å². The van der Waals surface area contributed by atoms with Gasteiger partial charge >= 0.3 is 0 Å². The van der Waals surface area contributed by atoms with Crippen LogP contribution in [0.1, 0.15) is 16.2 Å². The zero-order valence-electron chi connectivity index (χ0n) is 13.6. The summed E-state index contributed by atoms with van der Waals surface area (Å²) in [6.07, 6.45) is 3.66. The standard InChI is InChI=1S/C19H16N4O2/c1-25-16-11-12(7-8-13(16)20)18(24)19-22-17(14-5-4-9-21-14)15-6-2-3-10-23(15)19/h2-11,21H,20H2,1H3. The maximum Gasteiger partial charge on any atom is 0.228 e. The molecule has 0 atom stereocenters. The molecule has 0 fully saturated rings. The largest absolute Gasteiger partial charge is 0.495 e. The Kier molecular flexibility index (Phi) is 3.50. The number of hydrogen-bond donors (Lipinski definition) is 2. The molecule has 0 saturated heterocycles. The van der Waals surface area contributed by atoms with E-state index in [1.165, 1.54) is 7.11 Å². The summed E-state index contributed by atoms with van der Waals surface area (Å²) < 4.78 is 7.01. The zero-order chi connectivity index (χ0) is 17.4. The Hall–Kier alpha value is -3.54. The lowest BCUT2D eigenvalue weighted by atomic mass is 10.1. The zero-order valence-corrected chi connectivity index (χ0v) is 13.6. The minimum absolute atomic E-state index is 0.197. The van der Waals surface area contributed by atoms with Crippen molar-refractivity contribution in [1.82, 2.24) is 14.4 Å². The molecule has 0 bridgehead atoms. The number of anilines is 1. The first-order valence-corrected chi connectivity index (χ1v) is 7.78. The van der Waals surface area contributed by atoms with E-state index in [1.54, 1.807) is 22.6 Å². The van der Waals surface area contributed by atoms with E-state index in [2.05, 4.69) is 9.97 Å². The van der Waals surface area contributed by atoms with Crippen molar-refractivity contribution < 1.29 is 9.53 Å². The molecule has 0 radical (unpaired) electrons. The summed E-state index contributed by atoms with van der Waals surface area (Å²) in [5.74, 6) is 0.612. The Bertz CT molecular complexity index is 1060. The van der Waals surface area contributed by atoms with Crippen molar-refractivity contribution in [3.63, 3.8) is 0 Å². The number of carbonyl (C=O) groups is 1. The molecule has 3 aromatic heterocycles. The molecule has 25 heavy (non-hydrogen) atoms. The van der Waals surface area contributed by atoms with E-state index in [0.29, 0.717) is 22.8 Å². The van der Waals surface area contributed by atoms with Crippen LogP contribution in [-0.2, 0) is 0 Å². The number of ketones is 1. The molecule has 0 aliphatic heterocycles. The number of nitrogens with zero attached hydrogens (tertiary/aromatic N) is 2. The van der Waals surface area contributed by atoms with E-state index < -0.39 is 0 Å². The average molecular weight is 332 g/mol. The maximum absolute atomic E-state index is 13.0. The van der Waals surface area contributed by atoms with Crippen molar-refractivity contribution in [3.8, 4) is 17.1 Å². The first kappa shape index (κ1) is 15.0. The average Bonchev–Trinajstić information content (AvgIpc) is 3.29. The third kappa shape index (κ3) is 2.44. The lowest BCUT2D eigenvalue weighted by Gasteiger charge is -2.06. The highest BCUT2D eigenvalue weighted by molar-refractivity contribution is 6.08. The summed E-state index contributed by atoms with van der Waals surface area (Å²) in [6, 6.07) is 14.5. The Morgan fingerprint density at radius 3 is 2.84 bits per heavy atom. The SMILES string of the molecule is COc1cc(C(=O)c2nc(-c3ccc[nH]3)c3ccccn23)ccc1N. The lowest BCUT2D eigenvalue weighted by molar-refractivity contribution is 0.102. The molecule has 4 rings (SSSR count). The van der Waals surface area contributed by atoms with Gasteiger partial charge in [0.05, 0.1) is 24.0 Å². The van der Waals surface area contributed by atoms with Gasteiger partial charge in [0.2, 0.25) is 5.78 Å². The van der Waals surface area contributed by atoms with E-state index in [0.717, 1.165) is 16.9 Å². The molecular formula is C19H16N4O2. The number of ether oxygens (including phenoxy) is 1. The number of rotatable bonds is 4. The fourth-order valence-corrected chi connectivity index (χ4v) is 2.86. The molecule has 0 aliphatic carbocycles. The second-order valence-electron chi connectivity index (χ2n) is 5.61. The predicted molar refractivity (Wildman–Crippen MR) is 95.8 cm³/mol. The van der Waals surface area contributed by atoms with Gasteiger partial charge in [-0.05, 0) is 42.5 Å². The van der Waals surface area contributed by atoms with Crippen molar-refractivity contribution in [2.24, 2.45) is 0 Å². The van der Waals surface area contributed by atoms with Crippen LogP contribution in [0.3, 0.4) is 0 Å². The first-order chi connectivity index (χ1) is 12.2. The number of H-pyrrole nitrogens is 1. The number of imidazole rings is 1. The van der Waals surface area contributed by atoms with Crippen LogP contribution in [0, 0.1) is 0 Å². The van der Waals surface area contributed by atoms with Gasteiger partial charge in [0.25, 0.3) is 0 Å². The van der Waals surface area contributed by atoms with Gasteiger partial charge in [0, 0.05) is 18.0 Å². The van der Waals surface area contributed by atoms with Crippen molar-refractivity contribution >= 4 is 17.0 Å². The van der Waals surface area contributed by atoms with Crippen LogP contribution in [-0.4, -0.2) is 27.3 Å². The normalized spacial score (nSPS) is 10.9. The first-order valence-electron chi connectivity index (χ1n) is 7.78. The summed E-state index contributed by atoms with van der Waals surface area (Å²) in [5.41, 5.74) is 9.24. The third-order valence-electron chi connectivity index (χ3n) is 4.10. The number of nitrogens with two attached hydrogens (primary N) is 1. The van der Waals surface area contributed by atoms with Crippen LogP contribution < -0.4 is 10.5 Å². The molecule has 1 aromatic carbocycles. The van der Waals surface area contributed by atoms with Gasteiger partial charge in [-0.2, -0.15) is 0 Å². The van der Waals surface area contributed by atoms with Crippen molar-refractivity contribution in [2.45, 2.75) is 0 Å². The number of pyridine rings is 1. The molecule has 3 heterocycles. The summed E-state index contributed by atoms with van der Waals surface area (Å²) in [5, 5.41) is 0. The van der Waals surface area contributed by atoms with Crippen molar-refractivity contribution in [2.75, 3.05) is 12.8 Å². The molecule has 124 valence electrons. The second-order valence-corrected chi connectivity index (χ2v) is 5.61. The monoisotopic (exact) mass is 332 g/mol. The minimum atomic E-state index is -0.197. The van der Waals surface area contributed by atoms with Crippen LogP contribution in [0.4, 0.5) is 5.69 Å². The Morgan fingerprint density at radius 1 is 1.20 bits per heavy atom. The van der Waals surface area contributed by atoms with E-state index in [4.69, 9.17) is 10.5 Å². The summed E-state index contributed by atoms with van der Waals surface area (Å²) in [6.45, 7) is 0. The van der Waals surface area contributed by atoms with E-state index >= 15 is 0 Å². The van der Waals surface area contributed by atoms with Crippen molar-refractivity contribution in [3.05, 3.63) is 72.3 Å². The van der Waals surface area contributed by atoms with Gasteiger partial charge in [-0.15, -0.1) is 0 Å². The second kappa shape index (κ2) is 5.83. The number of methoxy groups -OCH3 is 1. The molecule has 3 N–H and O–H groups in total. The predicted octanol–water partition coefficient (Wildman–Crippen LogP) is 3.15. The minimum Gasteiger partial charge on any atom is -0.495 e. The van der Waals surface area contributed by atoms with Gasteiger partial charge in [-0.25, -0.2) is 4.98 Å². The smallest absolute Gasteiger partial charge is 0.228 e. The Labute approximate surface area is 143 Å². The maximum atomic E-state index is 13.0. The molecule has 0 unspecified atom stereocenters. The van der Waals surface area contributed by atoms with E-state index in [-0.39, 0.29) is 5.78 Å². The number of nitrogen functional groups attached to an aromatic ring is 1. The molecule has 6 nitrogen and oxygen atoms in total. The van der Waals surface area contributed by atoms with Gasteiger partial charge in [0.1, 0.15) is 11.4 Å². The van der Waals surface area contributed by atoms with Crippen LogP contribution in [0.25, 0.3) is 16.9 Å². The fourth-order valence-electron chi connectivity index (χ4n) is 2.86. The fraction of sp³-hybridized carbons (Fsp3) is 0.0526. The Morgan fingerprint density at radius 2 is 2.08 bits per heavy atom. The quantitative estimate of drug-likeness (QED) is 0.444. The van der Waals surface area contributed by atoms with Crippen LogP contribution in [0.2, 0.25) is 0 Å². The molecule has 0 spiro atoms.